The molecule has 1 atom stereocenters. The van der Waals surface area contributed by atoms with Crippen LogP contribution in [-0.4, -0.2) is 119 Å². The fourth-order valence-corrected chi connectivity index (χ4v) is 6.49. The lowest BCUT2D eigenvalue weighted by molar-refractivity contribution is 0.0162. The van der Waals surface area contributed by atoms with Crippen LogP contribution in [-0.2, 0) is 4.74 Å². The van der Waals surface area contributed by atoms with Gasteiger partial charge in [-0.2, -0.15) is 0 Å². The van der Waals surface area contributed by atoms with Crippen molar-refractivity contribution in [1.29, 1.82) is 0 Å². The summed E-state index contributed by atoms with van der Waals surface area (Å²) in [7, 11) is 0. The molecule has 1 saturated heterocycles. The predicted molar refractivity (Wildman–Crippen MR) is 216 cm³/mol. The molecule has 0 aromatic heterocycles. The molecule has 4 rings (SSSR count). The maximum absolute atomic E-state index is 10.9. The van der Waals surface area contributed by atoms with Crippen LogP contribution in [0.3, 0.4) is 0 Å². The predicted octanol–water partition coefficient (Wildman–Crippen LogP) is 5.81. The van der Waals surface area contributed by atoms with Gasteiger partial charge in [0.2, 0.25) is 0 Å². The van der Waals surface area contributed by atoms with E-state index in [1.54, 1.807) is 0 Å². The van der Waals surface area contributed by atoms with Crippen LogP contribution in [0.2, 0.25) is 0 Å². The molecule has 1 fully saturated rings. The molecule has 0 radical (unpaired) electrons. The molecule has 1 aliphatic heterocycles. The van der Waals surface area contributed by atoms with Crippen LogP contribution in [0.4, 0.5) is 0 Å². The molecule has 51 heavy (non-hydrogen) atoms. The summed E-state index contributed by atoms with van der Waals surface area (Å²) in [6.07, 6.45) is 3.39. The summed E-state index contributed by atoms with van der Waals surface area (Å²) in [5.74, 6) is 0.894. The number of likely N-dealkylation sites (N-methyl/N-ethyl adjacent to an activating group) is 1. The topological polar surface area (TPSA) is 81.3 Å². The van der Waals surface area contributed by atoms with E-state index >= 15 is 0 Å². The smallest absolute Gasteiger partial charge is 0.119 e. The first-order chi connectivity index (χ1) is 24.7. The van der Waals surface area contributed by atoms with Crippen LogP contribution in [0.5, 0.6) is 5.75 Å². The minimum Gasteiger partial charge on any atom is -0.492 e. The lowest BCUT2D eigenvalue weighted by Gasteiger charge is -2.25. The summed E-state index contributed by atoms with van der Waals surface area (Å²) < 4.78 is 12.2. The molecule has 1 aliphatic rings. The number of rotatable bonds is 17. The van der Waals surface area contributed by atoms with E-state index in [0.29, 0.717) is 26.4 Å². The van der Waals surface area contributed by atoms with Gasteiger partial charge in [-0.3, -0.25) is 4.90 Å². The van der Waals surface area contributed by atoms with Crippen LogP contribution in [0.15, 0.2) is 84.9 Å². The second-order valence-corrected chi connectivity index (χ2v) is 13.1. The van der Waals surface area contributed by atoms with Crippen molar-refractivity contribution in [3.63, 3.8) is 0 Å². The molecule has 9 heteroatoms. The Hall–Kier alpha value is -2.79. The van der Waals surface area contributed by atoms with E-state index in [9.17, 15) is 5.11 Å². The van der Waals surface area contributed by atoms with E-state index in [1.165, 1.54) is 27.8 Å². The standard InChI is InChI=1S/C42H63N5O3.ClH/c1-3-46(4-2)31-33-50-40-21-19-38(20-22-40)42(37-16-9-6-10-17-37)41(36-14-7-5-8-15-36)18-11-32-49-35-39(48)34-47-29-13-25-44-27-26-43-23-12-24-45-28-30-47;/h5-10,14-17,19-22,39,43-45,48H,3-4,11-13,18,23-35H2,1-2H3;1H/b42-41-;. The van der Waals surface area contributed by atoms with Gasteiger partial charge in [0.1, 0.15) is 12.4 Å². The van der Waals surface area contributed by atoms with Gasteiger partial charge >= 0.3 is 0 Å². The zero-order chi connectivity index (χ0) is 35.1. The third kappa shape index (κ3) is 16.2. The number of nitrogens with one attached hydrogen (secondary N) is 3. The largest absolute Gasteiger partial charge is 0.492 e. The summed E-state index contributed by atoms with van der Waals surface area (Å²) >= 11 is 0. The SMILES string of the molecule is CCN(CC)CCOc1ccc(/C(=C(/CCCOCC(O)CN2CCCNCCNCCCNCC2)c2ccccc2)c2ccccc2)cc1.Cl. The highest BCUT2D eigenvalue weighted by molar-refractivity contribution is 5.98. The average molecular weight is 722 g/mol. The third-order valence-corrected chi connectivity index (χ3v) is 9.31. The van der Waals surface area contributed by atoms with Crippen molar-refractivity contribution in [2.45, 2.75) is 45.6 Å². The summed E-state index contributed by atoms with van der Waals surface area (Å²) in [4.78, 5) is 4.74. The molecule has 282 valence electrons. The van der Waals surface area contributed by atoms with Crippen molar-refractivity contribution in [3.8, 4) is 5.75 Å². The quantitative estimate of drug-likeness (QED) is 0.103. The minimum atomic E-state index is -0.511. The van der Waals surface area contributed by atoms with Crippen molar-refractivity contribution in [2.75, 3.05) is 98.4 Å². The Kier molecular flexibility index (Phi) is 21.8. The Labute approximate surface area is 314 Å². The number of nitrogens with zero attached hydrogens (tertiary/aromatic N) is 2. The summed E-state index contributed by atoms with van der Waals surface area (Å²) in [5.41, 5.74) is 6.09. The number of allylic oxidation sites excluding steroid dienone is 1. The van der Waals surface area contributed by atoms with Gasteiger partial charge in [-0.05, 0) is 105 Å². The molecule has 0 saturated carbocycles. The Morgan fingerprint density at radius 3 is 2.00 bits per heavy atom. The summed E-state index contributed by atoms with van der Waals surface area (Å²) in [6, 6.07) is 30.0. The lowest BCUT2D eigenvalue weighted by Crippen LogP contribution is -2.41. The van der Waals surface area contributed by atoms with Gasteiger partial charge in [-0.15, -0.1) is 12.4 Å². The number of halogens is 1. The first-order valence-electron chi connectivity index (χ1n) is 19.1. The van der Waals surface area contributed by atoms with Crippen LogP contribution in [0, 0.1) is 0 Å². The van der Waals surface area contributed by atoms with E-state index in [0.717, 1.165) is 103 Å². The van der Waals surface area contributed by atoms with Gasteiger partial charge < -0.3 is 35.4 Å². The number of ether oxygens (including phenoxy) is 2. The highest BCUT2D eigenvalue weighted by atomic mass is 35.5. The van der Waals surface area contributed by atoms with E-state index in [2.05, 4.69) is 125 Å². The second-order valence-electron chi connectivity index (χ2n) is 13.1. The monoisotopic (exact) mass is 721 g/mol. The zero-order valence-electron chi connectivity index (χ0n) is 31.2. The van der Waals surface area contributed by atoms with E-state index in [1.807, 2.05) is 0 Å². The Bertz CT molecular complexity index is 1310. The lowest BCUT2D eigenvalue weighted by atomic mass is 9.87. The Morgan fingerprint density at radius 2 is 1.33 bits per heavy atom. The molecule has 4 N–H and O–H groups in total. The molecular formula is C42H64ClN5O3. The van der Waals surface area contributed by atoms with Gasteiger partial charge in [0.25, 0.3) is 0 Å². The van der Waals surface area contributed by atoms with Gasteiger partial charge in [-0.25, -0.2) is 0 Å². The van der Waals surface area contributed by atoms with Crippen molar-refractivity contribution < 1.29 is 14.6 Å². The molecular weight excluding hydrogens is 658 g/mol. The molecule has 0 spiro atoms. The molecule has 0 amide bonds. The maximum atomic E-state index is 10.9. The zero-order valence-corrected chi connectivity index (χ0v) is 32.0. The highest BCUT2D eigenvalue weighted by Crippen LogP contribution is 2.35. The number of aliphatic hydroxyl groups excluding tert-OH is 1. The first kappa shape index (κ1) is 42.6. The van der Waals surface area contributed by atoms with Crippen molar-refractivity contribution in [1.82, 2.24) is 25.8 Å². The van der Waals surface area contributed by atoms with E-state index < -0.39 is 6.10 Å². The number of benzene rings is 3. The number of β-amino-alcohol motifs (C(OH)–C–C–N with tert-alkyl or cyclic N) is 1. The third-order valence-electron chi connectivity index (χ3n) is 9.31. The molecule has 3 aromatic rings. The first-order valence-corrected chi connectivity index (χ1v) is 19.1. The van der Waals surface area contributed by atoms with Gasteiger partial charge in [0.05, 0.1) is 12.7 Å². The van der Waals surface area contributed by atoms with Crippen molar-refractivity contribution in [2.24, 2.45) is 0 Å². The molecule has 0 aliphatic carbocycles. The molecule has 1 heterocycles. The van der Waals surface area contributed by atoms with Gasteiger partial charge in [0, 0.05) is 45.9 Å². The number of hydrogen-bond donors (Lipinski definition) is 4. The highest BCUT2D eigenvalue weighted by Gasteiger charge is 2.16. The fraction of sp³-hybridized carbons (Fsp3) is 0.524. The molecule has 1 unspecified atom stereocenters. The summed E-state index contributed by atoms with van der Waals surface area (Å²) in [5, 5.41) is 21.5. The van der Waals surface area contributed by atoms with Crippen LogP contribution in [0.25, 0.3) is 11.1 Å². The molecule has 3 aromatic carbocycles. The second kappa shape index (κ2) is 26.0. The van der Waals surface area contributed by atoms with Crippen LogP contribution >= 0.6 is 12.4 Å². The fourth-order valence-electron chi connectivity index (χ4n) is 6.49. The van der Waals surface area contributed by atoms with Gasteiger partial charge in [0.15, 0.2) is 0 Å². The summed E-state index contributed by atoms with van der Waals surface area (Å²) in [6.45, 7) is 17.5. The normalized spacial score (nSPS) is 16.5. The van der Waals surface area contributed by atoms with Gasteiger partial charge in [-0.1, -0.05) is 86.6 Å². The van der Waals surface area contributed by atoms with Crippen molar-refractivity contribution >= 4 is 23.6 Å². The van der Waals surface area contributed by atoms with E-state index in [-0.39, 0.29) is 12.4 Å². The Morgan fingerprint density at radius 1 is 0.725 bits per heavy atom. The molecule has 8 nitrogen and oxygen atoms in total. The van der Waals surface area contributed by atoms with Crippen LogP contribution in [0.1, 0.15) is 56.2 Å². The van der Waals surface area contributed by atoms with E-state index in [4.69, 9.17) is 9.47 Å². The maximum Gasteiger partial charge on any atom is 0.119 e. The Balaban J connectivity index is 0.00000702. The average Bonchev–Trinajstić information content (AvgIpc) is 3.15. The van der Waals surface area contributed by atoms with Crippen molar-refractivity contribution in [3.05, 3.63) is 102 Å². The van der Waals surface area contributed by atoms with Crippen LogP contribution < -0.4 is 20.7 Å². The minimum absolute atomic E-state index is 0. The molecule has 0 bridgehead atoms. The number of aliphatic hydroxyl groups is 1. The number of hydrogen-bond acceptors (Lipinski definition) is 8.